The average molecular weight is 483 g/mol. The molecule has 5 atom stereocenters. The second-order valence-electron chi connectivity index (χ2n) is 9.06. The monoisotopic (exact) mass is 482 g/mol. The van der Waals surface area contributed by atoms with Crippen LogP contribution in [0.15, 0.2) is 121 Å². The van der Waals surface area contributed by atoms with Crippen LogP contribution in [-0.4, -0.2) is 31.3 Å². The van der Waals surface area contributed by atoms with E-state index in [1.807, 2.05) is 121 Å². The van der Waals surface area contributed by atoms with Crippen LogP contribution in [0.4, 0.5) is 4.39 Å². The van der Waals surface area contributed by atoms with Gasteiger partial charge in [-0.2, -0.15) is 0 Å². The van der Waals surface area contributed by atoms with E-state index < -0.39 is 36.6 Å². The number of ether oxygens (including phenoxy) is 4. The summed E-state index contributed by atoms with van der Waals surface area (Å²) in [5.41, 5.74) is 2.75. The first-order chi connectivity index (χ1) is 17.8. The quantitative estimate of drug-likeness (QED) is 0.295. The Hall–Kier alpha value is -3.35. The first-order valence-corrected chi connectivity index (χ1v) is 12.2. The van der Waals surface area contributed by atoms with Gasteiger partial charge in [-0.05, 0) is 16.7 Å². The van der Waals surface area contributed by atoms with Gasteiger partial charge in [-0.25, -0.2) is 4.39 Å². The van der Waals surface area contributed by atoms with Crippen molar-refractivity contribution in [2.45, 2.75) is 36.6 Å². The van der Waals surface area contributed by atoms with E-state index in [0.29, 0.717) is 0 Å². The molecule has 0 aromatic heterocycles. The maximum Gasteiger partial charge on any atom is 0.190 e. The SMILES string of the molecule is F[C@H]1[C@H]2O[C@H](c3ccccc3)O[C@H]2O[C@@H]1COC(c1ccccc1)(c1ccccc1)c1ccccc1. The van der Waals surface area contributed by atoms with E-state index in [9.17, 15) is 0 Å². The fraction of sp³-hybridized carbons (Fsp3) is 0.226. The van der Waals surface area contributed by atoms with E-state index in [2.05, 4.69) is 0 Å². The van der Waals surface area contributed by atoms with Gasteiger partial charge >= 0.3 is 0 Å². The van der Waals surface area contributed by atoms with Crippen molar-refractivity contribution >= 4 is 0 Å². The molecule has 2 aliphatic rings. The molecule has 4 aromatic carbocycles. The molecule has 0 saturated carbocycles. The molecule has 182 valence electrons. The van der Waals surface area contributed by atoms with E-state index in [1.54, 1.807) is 0 Å². The molecule has 0 N–H and O–H groups in total. The van der Waals surface area contributed by atoms with Crippen LogP contribution >= 0.6 is 0 Å². The van der Waals surface area contributed by atoms with Crippen molar-refractivity contribution in [2.24, 2.45) is 0 Å². The van der Waals surface area contributed by atoms with Crippen molar-refractivity contribution in [1.82, 2.24) is 0 Å². The van der Waals surface area contributed by atoms with Crippen molar-refractivity contribution in [3.05, 3.63) is 144 Å². The van der Waals surface area contributed by atoms with Gasteiger partial charge in [-0.3, -0.25) is 0 Å². The van der Waals surface area contributed by atoms with Gasteiger partial charge in [-0.1, -0.05) is 121 Å². The van der Waals surface area contributed by atoms with Crippen molar-refractivity contribution in [1.29, 1.82) is 0 Å². The van der Waals surface area contributed by atoms with E-state index in [0.717, 1.165) is 22.3 Å². The lowest BCUT2D eigenvalue weighted by molar-refractivity contribution is -0.180. The van der Waals surface area contributed by atoms with Gasteiger partial charge in [0.2, 0.25) is 0 Å². The minimum Gasteiger partial charge on any atom is -0.358 e. The highest BCUT2D eigenvalue weighted by atomic mass is 19.1. The molecule has 0 radical (unpaired) electrons. The molecule has 0 unspecified atom stereocenters. The predicted octanol–water partition coefficient (Wildman–Crippen LogP) is 6.17. The van der Waals surface area contributed by atoms with Crippen LogP contribution in [0.2, 0.25) is 0 Å². The zero-order chi connectivity index (χ0) is 24.4. The molecule has 2 saturated heterocycles. The molecule has 0 spiro atoms. The average Bonchev–Trinajstić information content (AvgIpc) is 3.50. The number of benzene rings is 4. The van der Waals surface area contributed by atoms with Crippen LogP contribution in [0, 0.1) is 0 Å². The largest absolute Gasteiger partial charge is 0.358 e. The van der Waals surface area contributed by atoms with Crippen molar-refractivity contribution in [2.75, 3.05) is 6.61 Å². The Morgan fingerprint density at radius 1 is 0.611 bits per heavy atom. The highest BCUT2D eigenvalue weighted by Gasteiger charge is 2.54. The lowest BCUT2D eigenvalue weighted by atomic mass is 9.80. The van der Waals surface area contributed by atoms with Gasteiger partial charge in [0.15, 0.2) is 18.8 Å². The summed E-state index contributed by atoms with van der Waals surface area (Å²) in [4.78, 5) is 0. The van der Waals surface area contributed by atoms with Gasteiger partial charge in [0, 0.05) is 5.56 Å². The standard InChI is InChI=1S/C31H27FO4/c32-27-26(34-30-28(27)35-29(36-30)22-13-5-1-6-14-22)21-33-31(23-15-7-2-8-16-23,24-17-9-3-10-18-24)25-19-11-4-12-20-25/h1-20,26-30H,21H2/t26-,27-,28-,29+,30-/m1/s1. The normalized spacial score (nSPS) is 25.5. The fourth-order valence-corrected chi connectivity index (χ4v) is 5.11. The Bertz CT molecular complexity index is 1160. The lowest BCUT2D eigenvalue weighted by Crippen LogP contribution is -2.38. The molecule has 36 heavy (non-hydrogen) atoms. The first kappa shape index (κ1) is 23.1. The molecular formula is C31H27FO4. The predicted molar refractivity (Wildman–Crippen MR) is 134 cm³/mol. The third-order valence-corrected chi connectivity index (χ3v) is 6.86. The second-order valence-corrected chi connectivity index (χ2v) is 9.06. The minimum atomic E-state index is -1.39. The first-order valence-electron chi connectivity index (χ1n) is 12.2. The molecule has 2 heterocycles. The zero-order valence-corrected chi connectivity index (χ0v) is 19.7. The van der Waals surface area contributed by atoms with Crippen LogP contribution in [0.1, 0.15) is 28.5 Å². The highest BCUT2D eigenvalue weighted by Crippen LogP contribution is 2.43. The number of halogens is 1. The molecule has 2 aliphatic heterocycles. The van der Waals surface area contributed by atoms with Gasteiger partial charge in [0.1, 0.15) is 17.8 Å². The van der Waals surface area contributed by atoms with Gasteiger partial charge in [0.05, 0.1) is 6.61 Å². The Kier molecular flexibility index (Phi) is 6.38. The summed E-state index contributed by atoms with van der Waals surface area (Å²) in [7, 11) is 0. The summed E-state index contributed by atoms with van der Waals surface area (Å²) in [5.74, 6) is 0. The molecular weight excluding hydrogens is 455 g/mol. The number of fused-ring (bicyclic) bond motifs is 1. The van der Waals surface area contributed by atoms with Crippen LogP contribution in [0.3, 0.4) is 0 Å². The third kappa shape index (κ3) is 4.14. The summed E-state index contributed by atoms with van der Waals surface area (Å²) in [6, 6.07) is 39.6. The van der Waals surface area contributed by atoms with E-state index in [1.165, 1.54) is 0 Å². The Morgan fingerprint density at radius 2 is 1.08 bits per heavy atom. The van der Waals surface area contributed by atoms with Gasteiger partial charge in [0.25, 0.3) is 0 Å². The minimum absolute atomic E-state index is 0.0234. The van der Waals surface area contributed by atoms with Crippen LogP contribution in [0.5, 0.6) is 0 Å². The fourth-order valence-electron chi connectivity index (χ4n) is 5.11. The molecule has 0 amide bonds. The summed E-state index contributed by atoms with van der Waals surface area (Å²) in [6.45, 7) is 0.0234. The van der Waals surface area contributed by atoms with Crippen molar-refractivity contribution in [3.63, 3.8) is 0 Å². The highest BCUT2D eigenvalue weighted by molar-refractivity contribution is 5.47. The number of alkyl halides is 1. The third-order valence-electron chi connectivity index (χ3n) is 6.86. The molecule has 2 fully saturated rings. The van der Waals surface area contributed by atoms with Crippen molar-refractivity contribution in [3.8, 4) is 0 Å². The maximum absolute atomic E-state index is 15.6. The Labute approximate surface area is 210 Å². The Balaban J connectivity index is 1.29. The van der Waals surface area contributed by atoms with Gasteiger partial charge in [-0.15, -0.1) is 0 Å². The Morgan fingerprint density at radius 3 is 1.56 bits per heavy atom. The van der Waals surface area contributed by atoms with Crippen LogP contribution < -0.4 is 0 Å². The number of hydrogen-bond donors (Lipinski definition) is 0. The zero-order valence-electron chi connectivity index (χ0n) is 19.7. The molecule has 0 bridgehead atoms. The van der Waals surface area contributed by atoms with Crippen molar-refractivity contribution < 1.29 is 23.3 Å². The number of hydrogen-bond acceptors (Lipinski definition) is 4. The topological polar surface area (TPSA) is 36.9 Å². The summed E-state index contributed by atoms with van der Waals surface area (Å²) < 4.78 is 40.2. The van der Waals surface area contributed by atoms with Gasteiger partial charge < -0.3 is 18.9 Å². The smallest absolute Gasteiger partial charge is 0.190 e. The van der Waals surface area contributed by atoms with Crippen LogP contribution in [0.25, 0.3) is 0 Å². The number of rotatable bonds is 7. The molecule has 6 rings (SSSR count). The molecule has 0 aliphatic carbocycles. The summed E-state index contributed by atoms with van der Waals surface area (Å²) in [6.07, 6.45) is -4.43. The summed E-state index contributed by atoms with van der Waals surface area (Å²) in [5, 5.41) is 0. The second kappa shape index (κ2) is 9.96. The van der Waals surface area contributed by atoms with E-state index in [-0.39, 0.29) is 6.61 Å². The maximum atomic E-state index is 15.6. The van der Waals surface area contributed by atoms with Crippen LogP contribution in [-0.2, 0) is 24.5 Å². The van der Waals surface area contributed by atoms with E-state index >= 15 is 4.39 Å². The van der Waals surface area contributed by atoms with E-state index in [4.69, 9.17) is 18.9 Å². The summed E-state index contributed by atoms with van der Waals surface area (Å²) >= 11 is 0. The lowest BCUT2D eigenvalue weighted by Gasteiger charge is -2.37. The molecule has 4 aromatic rings. The molecule has 5 heteroatoms. The molecule has 4 nitrogen and oxygen atoms in total.